The first kappa shape index (κ1) is 15.1. The van der Waals surface area contributed by atoms with Crippen LogP contribution in [0.5, 0.6) is 11.6 Å². The third kappa shape index (κ3) is 3.89. The van der Waals surface area contributed by atoms with Crippen molar-refractivity contribution in [1.29, 1.82) is 0 Å². The fourth-order valence-corrected chi connectivity index (χ4v) is 2.61. The van der Waals surface area contributed by atoms with Crippen molar-refractivity contribution in [2.24, 2.45) is 0 Å². The Balaban J connectivity index is 1.84. The Hall–Kier alpha value is -0.810. The van der Waals surface area contributed by atoms with E-state index in [1.54, 1.807) is 24.4 Å². The molecule has 1 fully saturated rings. The fraction of sp³-hybridized carbons (Fsp3) is 0.267. The van der Waals surface area contributed by atoms with E-state index < -0.39 is 0 Å². The second-order valence-electron chi connectivity index (χ2n) is 4.93. The molecule has 0 bridgehead atoms. The second kappa shape index (κ2) is 6.53. The van der Waals surface area contributed by atoms with Gasteiger partial charge >= 0.3 is 0 Å². The molecule has 0 unspecified atom stereocenters. The molecular formula is C15H13BrCl2N2O. The van der Waals surface area contributed by atoms with E-state index in [4.69, 9.17) is 27.9 Å². The lowest BCUT2D eigenvalue weighted by Gasteiger charge is -2.12. The van der Waals surface area contributed by atoms with Crippen molar-refractivity contribution in [1.82, 2.24) is 10.3 Å². The summed E-state index contributed by atoms with van der Waals surface area (Å²) >= 11 is 15.6. The maximum absolute atomic E-state index is 6.15. The Labute approximate surface area is 141 Å². The molecule has 0 saturated heterocycles. The van der Waals surface area contributed by atoms with Crippen molar-refractivity contribution >= 4 is 39.1 Å². The Morgan fingerprint density at radius 3 is 2.90 bits per heavy atom. The number of hydrogen-bond donors (Lipinski definition) is 1. The zero-order valence-electron chi connectivity index (χ0n) is 11.1. The Kier molecular flexibility index (Phi) is 4.69. The van der Waals surface area contributed by atoms with Crippen molar-refractivity contribution < 1.29 is 4.74 Å². The predicted octanol–water partition coefficient (Wildman–Crippen LogP) is 5.20. The maximum atomic E-state index is 6.15. The summed E-state index contributed by atoms with van der Waals surface area (Å²) in [6.07, 6.45) is 4.17. The molecule has 1 saturated carbocycles. The summed E-state index contributed by atoms with van der Waals surface area (Å²) in [5.41, 5.74) is 0.979. The quantitative estimate of drug-likeness (QED) is 0.765. The molecule has 1 aromatic heterocycles. The van der Waals surface area contributed by atoms with E-state index in [-0.39, 0.29) is 0 Å². The summed E-state index contributed by atoms with van der Waals surface area (Å²) in [6, 6.07) is 7.91. The lowest BCUT2D eigenvalue weighted by Crippen LogP contribution is -2.16. The maximum Gasteiger partial charge on any atom is 0.223 e. The molecule has 0 spiro atoms. The minimum atomic E-state index is 0.394. The molecule has 21 heavy (non-hydrogen) atoms. The molecule has 110 valence electrons. The smallest absolute Gasteiger partial charge is 0.223 e. The molecule has 1 N–H and O–H groups in total. The van der Waals surface area contributed by atoms with Gasteiger partial charge in [-0.15, -0.1) is 0 Å². The number of hydrogen-bond acceptors (Lipinski definition) is 3. The van der Waals surface area contributed by atoms with E-state index in [1.807, 2.05) is 6.07 Å². The number of benzene rings is 1. The van der Waals surface area contributed by atoms with Crippen LogP contribution in [0, 0.1) is 0 Å². The molecule has 0 aliphatic heterocycles. The third-order valence-corrected chi connectivity index (χ3v) is 4.41. The van der Waals surface area contributed by atoms with Gasteiger partial charge in [0.15, 0.2) is 0 Å². The van der Waals surface area contributed by atoms with Gasteiger partial charge in [-0.1, -0.05) is 29.3 Å². The van der Waals surface area contributed by atoms with Crippen molar-refractivity contribution in [3.8, 4) is 11.6 Å². The first-order valence-electron chi connectivity index (χ1n) is 6.63. The third-order valence-electron chi connectivity index (χ3n) is 3.17. The number of nitrogens with one attached hydrogen (secondary N) is 1. The summed E-state index contributed by atoms with van der Waals surface area (Å²) < 4.78 is 6.76. The molecule has 0 atom stereocenters. The van der Waals surface area contributed by atoms with E-state index in [1.165, 1.54) is 12.8 Å². The van der Waals surface area contributed by atoms with E-state index in [0.29, 0.717) is 34.3 Å². The summed E-state index contributed by atoms with van der Waals surface area (Å²) in [5.74, 6) is 1.04. The predicted molar refractivity (Wildman–Crippen MR) is 88.3 cm³/mol. The molecule has 3 rings (SSSR count). The van der Waals surface area contributed by atoms with Crippen LogP contribution in [0.1, 0.15) is 18.4 Å². The van der Waals surface area contributed by atoms with Crippen LogP contribution in [0.15, 0.2) is 34.9 Å². The van der Waals surface area contributed by atoms with Gasteiger partial charge < -0.3 is 10.1 Å². The summed E-state index contributed by atoms with van der Waals surface area (Å²) in [6.45, 7) is 0.713. The SMILES string of the molecule is Clc1cccc(Oc2ncc(Br)cc2CNC2CC2)c1Cl. The van der Waals surface area contributed by atoms with Crippen molar-refractivity contribution in [2.75, 3.05) is 0 Å². The topological polar surface area (TPSA) is 34.1 Å². The number of halogens is 3. The number of aromatic nitrogens is 1. The largest absolute Gasteiger partial charge is 0.437 e. The summed E-state index contributed by atoms with van der Waals surface area (Å²) in [7, 11) is 0. The van der Waals surface area contributed by atoms with Crippen molar-refractivity contribution in [3.63, 3.8) is 0 Å². The van der Waals surface area contributed by atoms with Crippen LogP contribution in [0.3, 0.4) is 0 Å². The molecule has 0 radical (unpaired) electrons. The van der Waals surface area contributed by atoms with Gasteiger partial charge in [0.25, 0.3) is 0 Å². The standard InChI is InChI=1S/C15H13BrCl2N2O/c16-10-6-9(7-19-11-4-5-11)15(20-8-10)21-13-3-1-2-12(17)14(13)18/h1-3,6,8,11,19H,4-5,7H2. The van der Waals surface area contributed by atoms with Crippen LogP contribution >= 0.6 is 39.1 Å². The van der Waals surface area contributed by atoms with Gasteiger partial charge in [-0.2, -0.15) is 0 Å². The highest BCUT2D eigenvalue weighted by Gasteiger charge is 2.21. The Morgan fingerprint density at radius 2 is 2.14 bits per heavy atom. The van der Waals surface area contributed by atoms with Gasteiger partial charge in [0.1, 0.15) is 10.8 Å². The van der Waals surface area contributed by atoms with Gasteiger partial charge in [-0.05, 0) is 47.0 Å². The number of rotatable bonds is 5. The lowest BCUT2D eigenvalue weighted by molar-refractivity contribution is 0.452. The van der Waals surface area contributed by atoms with E-state index in [0.717, 1.165) is 10.0 Å². The second-order valence-corrected chi connectivity index (χ2v) is 6.63. The van der Waals surface area contributed by atoms with E-state index >= 15 is 0 Å². The Bertz CT molecular complexity index is 662. The van der Waals surface area contributed by atoms with Crippen molar-refractivity contribution in [2.45, 2.75) is 25.4 Å². The van der Waals surface area contributed by atoms with Gasteiger partial charge in [-0.25, -0.2) is 4.98 Å². The van der Waals surface area contributed by atoms with Crippen LogP contribution in [-0.2, 0) is 6.54 Å². The first-order chi connectivity index (χ1) is 10.1. The minimum absolute atomic E-state index is 0.394. The Morgan fingerprint density at radius 1 is 1.33 bits per heavy atom. The molecule has 2 aromatic rings. The van der Waals surface area contributed by atoms with Crippen LogP contribution < -0.4 is 10.1 Å². The lowest BCUT2D eigenvalue weighted by atomic mass is 10.2. The van der Waals surface area contributed by atoms with Crippen LogP contribution in [-0.4, -0.2) is 11.0 Å². The monoisotopic (exact) mass is 386 g/mol. The van der Waals surface area contributed by atoms with Gasteiger partial charge in [0.2, 0.25) is 5.88 Å². The number of nitrogens with zero attached hydrogens (tertiary/aromatic N) is 1. The molecule has 1 aliphatic carbocycles. The van der Waals surface area contributed by atoms with Gasteiger partial charge in [-0.3, -0.25) is 0 Å². The normalized spacial score (nSPS) is 14.2. The average Bonchev–Trinajstić information content (AvgIpc) is 3.28. The molecular weight excluding hydrogens is 375 g/mol. The number of ether oxygens (including phenoxy) is 1. The molecule has 6 heteroatoms. The minimum Gasteiger partial charge on any atom is -0.437 e. The molecule has 1 heterocycles. The molecule has 3 nitrogen and oxygen atoms in total. The van der Waals surface area contributed by atoms with Crippen LogP contribution in [0.25, 0.3) is 0 Å². The first-order valence-corrected chi connectivity index (χ1v) is 8.18. The zero-order valence-corrected chi connectivity index (χ0v) is 14.2. The van der Waals surface area contributed by atoms with Crippen molar-refractivity contribution in [3.05, 3.63) is 50.5 Å². The fourth-order valence-electron chi connectivity index (χ4n) is 1.90. The highest BCUT2D eigenvalue weighted by molar-refractivity contribution is 9.10. The zero-order chi connectivity index (χ0) is 14.8. The van der Waals surface area contributed by atoms with Gasteiger partial charge in [0.05, 0.1) is 5.02 Å². The van der Waals surface area contributed by atoms with Gasteiger partial charge in [0, 0.05) is 28.8 Å². The summed E-state index contributed by atoms with van der Waals surface area (Å²) in [5, 5.41) is 4.31. The highest BCUT2D eigenvalue weighted by atomic mass is 79.9. The van der Waals surface area contributed by atoms with Crippen LogP contribution in [0.2, 0.25) is 10.0 Å². The molecule has 1 aliphatic rings. The van der Waals surface area contributed by atoms with E-state index in [9.17, 15) is 0 Å². The molecule has 1 aromatic carbocycles. The average molecular weight is 388 g/mol. The molecule has 0 amide bonds. The number of pyridine rings is 1. The summed E-state index contributed by atoms with van der Waals surface area (Å²) in [4.78, 5) is 4.33. The van der Waals surface area contributed by atoms with Crippen LogP contribution in [0.4, 0.5) is 0 Å². The highest BCUT2D eigenvalue weighted by Crippen LogP contribution is 2.35. The van der Waals surface area contributed by atoms with E-state index in [2.05, 4.69) is 26.2 Å².